The van der Waals surface area contributed by atoms with Crippen LogP contribution in [0.15, 0.2) is 30.3 Å². The summed E-state index contributed by atoms with van der Waals surface area (Å²) in [5.74, 6) is -1.73. The number of methoxy groups -OCH3 is 1. The first-order chi connectivity index (χ1) is 16.2. The number of carbonyl (C=O) groups excluding carboxylic acids is 4. The highest BCUT2D eigenvalue weighted by atomic mass is 16.6. The molecule has 0 spiro atoms. The summed E-state index contributed by atoms with van der Waals surface area (Å²) >= 11 is 0. The first-order valence-electron chi connectivity index (χ1n) is 12.0. The predicted molar refractivity (Wildman–Crippen MR) is 133 cm³/mol. The third kappa shape index (κ3) is 11.2. The SMILES string of the molecule is COC(=O)[C@@H](NC(=O)[C@H](Cc1ccccc1)NC(=O)[C@H](CC(C)C)NC(=O)OC(C)(C)C)C(C)C. The summed E-state index contributed by atoms with van der Waals surface area (Å²) in [5.41, 5.74) is 0.103. The van der Waals surface area contributed by atoms with E-state index in [0.29, 0.717) is 6.42 Å². The lowest BCUT2D eigenvalue weighted by Crippen LogP contribution is -2.57. The van der Waals surface area contributed by atoms with Gasteiger partial charge in [-0.05, 0) is 44.6 Å². The predicted octanol–water partition coefficient (Wildman–Crippen LogP) is 2.97. The number of nitrogens with one attached hydrogen (secondary N) is 3. The second-order valence-corrected chi connectivity index (χ2v) is 10.3. The Labute approximate surface area is 208 Å². The van der Waals surface area contributed by atoms with Crippen molar-refractivity contribution < 1.29 is 28.7 Å². The second-order valence-electron chi connectivity index (χ2n) is 10.3. The molecule has 1 aromatic carbocycles. The van der Waals surface area contributed by atoms with Crippen molar-refractivity contribution in [2.75, 3.05) is 7.11 Å². The summed E-state index contributed by atoms with van der Waals surface area (Å²) in [7, 11) is 1.26. The van der Waals surface area contributed by atoms with E-state index in [9.17, 15) is 19.2 Å². The van der Waals surface area contributed by atoms with Gasteiger partial charge in [-0.15, -0.1) is 0 Å². The smallest absolute Gasteiger partial charge is 0.408 e. The maximum absolute atomic E-state index is 13.2. The molecule has 0 unspecified atom stereocenters. The monoisotopic (exact) mass is 491 g/mol. The van der Waals surface area contributed by atoms with Crippen molar-refractivity contribution in [2.24, 2.45) is 11.8 Å². The Morgan fingerprint density at radius 1 is 0.857 bits per heavy atom. The van der Waals surface area contributed by atoms with Crippen molar-refractivity contribution in [1.82, 2.24) is 16.0 Å². The van der Waals surface area contributed by atoms with Gasteiger partial charge in [0.15, 0.2) is 0 Å². The van der Waals surface area contributed by atoms with Crippen molar-refractivity contribution in [3.63, 3.8) is 0 Å². The number of esters is 1. The van der Waals surface area contributed by atoms with Crippen molar-refractivity contribution in [3.8, 4) is 0 Å². The third-order valence-electron chi connectivity index (χ3n) is 5.05. The van der Waals surface area contributed by atoms with E-state index in [1.54, 1.807) is 34.6 Å². The van der Waals surface area contributed by atoms with E-state index in [-0.39, 0.29) is 18.3 Å². The van der Waals surface area contributed by atoms with Gasteiger partial charge in [-0.2, -0.15) is 0 Å². The lowest BCUT2D eigenvalue weighted by Gasteiger charge is -2.27. The number of ether oxygens (including phenoxy) is 2. The van der Waals surface area contributed by atoms with Crippen molar-refractivity contribution in [2.45, 2.75) is 85.0 Å². The number of hydrogen-bond donors (Lipinski definition) is 3. The molecule has 35 heavy (non-hydrogen) atoms. The lowest BCUT2D eigenvalue weighted by atomic mass is 10.00. The summed E-state index contributed by atoms with van der Waals surface area (Å²) < 4.78 is 10.1. The van der Waals surface area contributed by atoms with Crippen LogP contribution in [0.5, 0.6) is 0 Å². The van der Waals surface area contributed by atoms with Gasteiger partial charge in [0.25, 0.3) is 0 Å². The molecule has 0 saturated carbocycles. The Kier molecular flexibility index (Phi) is 11.7. The van der Waals surface area contributed by atoms with Gasteiger partial charge in [0, 0.05) is 6.42 Å². The summed E-state index contributed by atoms with van der Waals surface area (Å²) in [6.45, 7) is 12.6. The average molecular weight is 492 g/mol. The van der Waals surface area contributed by atoms with Crippen LogP contribution in [-0.4, -0.2) is 54.7 Å². The van der Waals surface area contributed by atoms with Crippen LogP contribution in [0, 0.1) is 11.8 Å². The summed E-state index contributed by atoms with van der Waals surface area (Å²) in [4.78, 5) is 51.0. The maximum atomic E-state index is 13.2. The minimum absolute atomic E-state index is 0.0896. The highest BCUT2D eigenvalue weighted by Gasteiger charge is 2.32. The molecule has 1 aromatic rings. The number of amides is 3. The van der Waals surface area contributed by atoms with Gasteiger partial charge in [0.05, 0.1) is 7.11 Å². The number of benzene rings is 1. The molecule has 0 fully saturated rings. The van der Waals surface area contributed by atoms with Crippen LogP contribution in [0.3, 0.4) is 0 Å². The fourth-order valence-electron chi connectivity index (χ4n) is 3.36. The summed E-state index contributed by atoms with van der Waals surface area (Å²) in [6.07, 6.45) is -0.167. The highest BCUT2D eigenvalue weighted by molar-refractivity contribution is 5.93. The maximum Gasteiger partial charge on any atom is 0.408 e. The molecule has 0 radical (unpaired) electrons. The van der Waals surface area contributed by atoms with Crippen molar-refractivity contribution >= 4 is 23.9 Å². The molecule has 0 saturated heterocycles. The molecule has 3 atom stereocenters. The molecular weight excluding hydrogens is 450 g/mol. The molecule has 196 valence electrons. The fourth-order valence-corrected chi connectivity index (χ4v) is 3.36. The first kappa shape index (κ1) is 29.9. The van der Waals surface area contributed by atoms with Gasteiger partial charge in [-0.3, -0.25) is 9.59 Å². The van der Waals surface area contributed by atoms with Crippen LogP contribution in [0.25, 0.3) is 0 Å². The van der Waals surface area contributed by atoms with Gasteiger partial charge in [0.1, 0.15) is 23.7 Å². The number of carbonyl (C=O) groups is 4. The van der Waals surface area contributed by atoms with E-state index in [0.717, 1.165) is 5.56 Å². The molecule has 0 aliphatic carbocycles. The Morgan fingerprint density at radius 3 is 1.91 bits per heavy atom. The van der Waals surface area contributed by atoms with Gasteiger partial charge in [0.2, 0.25) is 11.8 Å². The molecule has 9 nitrogen and oxygen atoms in total. The molecule has 0 bridgehead atoms. The molecule has 0 aromatic heterocycles. The lowest BCUT2D eigenvalue weighted by molar-refractivity contribution is -0.146. The van der Waals surface area contributed by atoms with E-state index >= 15 is 0 Å². The summed E-state index contributed by atoms with van der Waals surface area (Å²) in [5, 5.41) is 8.09. The fraction of sp³-hybridized carbons (Fsp3) is 0.615. The van der Waals surface area contributed by atoms with Crippen LogP contribution in [0.2, 0.25) is 0 Å². The van der Waals surface area contributed by atoms with Crippen LogP contribution in [0.4, 0.5) is 4.79 Å². The van der Waals surface area contributed by atoms with Crippen molar-refractivity contribution in [3.05, 3.63) is 35.9 Å². The average Bonchev–Trinajstić information content (AvgIpc) is 2.74. The second kappa shape index (κ2) is 13.7. The molecular formula is C26H41N3O6. The quantitative estimate of drug-likeness (QED) is 0.409. The number of hydrogen-bond acceptors (Lipinski definition) is 6. The Bertz CT molecular complexity index is 848. The third-order valence-corrected chi connectivity index (χ3v) is 5.05. The Morgan fingerprint density at radius 2 is 1.43 bits per heavy atom. The van der Waals surface area contributed by atoms with Gasteiger partial charge in [-0.25, -0.2) is 9.59 Å². The van der Waals surface area contributed by atoms with E-state index < -0.39 is 47.6 Å². The van der Waals surface area contributed by atoms with Gasteiger partial charge in [-0.1, -0.05) is 58.0 Å². The van der Waals surface area contributed by atoms with Crippen molar-refractivity contribution in [1.29, 1.82) is 0 Å². The van der Waals surface area contributed by atoms with E-state index in [2.05, 4.69) is 16.0 Å². The van der Waals surface area contributed by atoms with Crippen LogP contribution in [-0.2, 0) is 30.3 Å². The minimum atomic E-state index is -0.981. The Balaban J connectivity index is 3.13. The zero-order valence-corrected chi connectivity index (χ0v) is 22.1. The van der Waals surface area contributed by atoms with E-state index in [1.165, 1.54) is 7.11 Å². The number of alkyl carbamates (subject to hydrolysis) is 1. The zero-order valence-electron chi connectivity index (χ0n) is 22.1. The van der Waals surface area contributed by atoms with Gasteiger partial charge < -0.3 is 25.4 Å². The molecule has 3 N–H and O–H groups in total. The minimum Gasteiger partial charge on any atom is -0.467 e. The largest absolute Gasteiger partial charge is 0.467 e. The van der Waals surface area contributed by atoms with Crippen LogP contribution < -0.4 is 16.0 Å². The zero-order chi connectivity index (χ0) is 26.8. The van der Waals surface area contributed by atoms with Crippen LogP contribution >= 0.6 is 0 Å². The summed E-state index contributed by atoms with van der Waals surface area (Å²) in [6, 6.07) is 6.46. The number of rotatable bonds is 11. The van der Waals surface area contributed by atoms with Crippen LogP contribution in [0.1, 0.15) is 60.5 Å². The topological polar surface area (TPSA) is 123 Å². The molecule has 0 aliphatic heterocycles. The van der Waals surface area contributed by atoms with E-state index in [1.807, 2.05) is 44.2 Å². The van der Waals surface area contributed by atoms with Gasteiger partial charge >= 0.3 is 12.1 Å². The standard InChI is InChI=1S/C26H41N3O6/c1-16(2)14-19(28-25(33)35-26(5,6)7)22(30)27-20(15-18-12-10-9-11-13-18)23(31)29-21(17(3)4)24(32)34-8/h9-13,16-17,19-21H,14-15H2,1-8H3,(H,27,30)(H,28,33)(H,29,31)/t19-,20-,21-/m0/s1. The highest BCUT2D eigenvalue weighted by Crippen LogP contribution is 2.12. The Hall–Kier alpha value is -3.10. The molecule has 3 amide bonds. The molecule has 9 heteroatoms. The normalized spacial score (nSPS) is 14.0. The molecule has 0 heterocycles. The molecule has 0 aliphatic rings. The first-order valence-corrected chi connectivity index (χ1v) is 12.0. The molecule has 1 rings (SSSR count). The van der Waals surface area contributed by atoms with E-state index in [4.69, 9.17) is 9.47 Å².